The Bertz CT molecular complexity index is 520. The third kappa shape index (κ3) is 3.93. The molecule has 1 aromatic heterocycles. The van der Waals surface area contributed by atoms with Crippen molar-refractivity contribution >= 4 is 5.97 Å². The van der Waals surface area contributed by atoms with E-state index in [0.29, 0.717) is 6.54 Å². The van der Waals surface area contributed by atoms with E-state index in [2.05, 4.69) is 4.98 Å². The summed E-state index contributed by atoms with van der Waals surface area (Å²) < 4.78 is 1.94. The van der Waals surface area contributed by atoms with Gasteiger partial charge < -0.3 is 14.6 Å². The molecule has 100 valence electrons. The molecular formula is C14H17N3O2. The highest BCUT2D eigenvalue weighted by molar-refractivity contribution is 5.66. The van der Waals surface area contributed by atoms with Crippen molar-refractivity contribution in [2.24, 2.45) is 0 Å². The lowest BCUT2D eigenvalue weighted by atomic mass is 10.2. The van der Waals surface area contributed by atoms with Crippen LogP contribution in [0.4, 0.5) is 0 Å². The van der Waals surface area contributed by atoms with Gasteiger partial charge in [-0.3, -0.25) is 4.79 Å². The fourth-order valence-electron chi connectivity index (χ4n) is 1.86. The molecule has 2 aromatic rings. The van der Waals surface area contributed by atoms with E-state index < -0.39 is 5.97 Å². The predicted molar refractivity (Wildman–Crippen MR) is 72.2 cm³/mol. The van der Waals surface area contributed by atoms with Crippen LogP contribution in [0.25, 0.3) is 5.69 Å². The average molecular weight is 259 g/mol. The molecule has 0 bridgehead atoms. The van der Waals surface area contributed by atoms with Crippen molar-refractivity contribution < 1.29 is 9.90 Å². The van der Waals surface area contributed by atoms with Gasteiger partial charge in [-0.1, -0.05) is 12.1 Å². The Hall–Kier alpha value is -2.14. The second kappa shape index (κ2) is 6.15. The zero-order valence-corrected chi connectivity index (χ0v) is 10.9. The van der Waals surface area contributed by atoms with E-state index in [1.54, 1.807) is 12.5 Å². The molecule has 0 aliphatic rings. The monoisotopic (exact) mass is 259 g/mol. The second-order valence-corrected chi connectivity index (χ2v) is 4.52. The number of nitrogens with zero attached hydrogens (tertiary/aromatic N) is 3. The molecule has 0 amide bonds. The molecule has 1 heterocycles. The first kappa shape index (κ1) is 13.3. The van der Waals surface area contributed by atoms with Crippen LogP contribution in [-0.2, 0) is 11.3 Å². The van der Waals surface area contributed by atoms with Crippen molar-refractivity contribution in [1.29, 1.82) is 0 Å². The van der Waals surface area contributed by atoms with Crippen molar-refractivity contribution in [3.63, 3.8) is 0 Å². The summed E-state index contributed by atoms with van der Waals surface area (Å²) in [6.07, 6.45) is 5.57. The molecule has 19 heavy (non-hydrogen) atoms. The molecule has 2 rings (SSSR count). The molecule has 0 unspecified atom stereocenters. The van der Waals surface area contributed by atoms with Gasteiger partial charge in [-0.25, -0.2) is 4.98 Å². The van der Waals surface area contributed by atoms with E-state index in [1.165, 1.54) is 0 Å². The van der Waals surface area contributed by atoms with Crippen molar-refractivity contribution in [3.8, 4) is 5.69 Å². The van der Waals surface area contributed by atoms with Crippen LogP contribution < -0.4 is 0 Å². The summed E-state index contributed by atoms with van der Waals surface area (Å²) in [7, 11) is 1.92. The number of hydrogen-bond donors (Lipinski definition) is 1. The van der Waals surface area contributed by atoms with Gasteiger partial charge in [-0.2, -0.15) is 0 Å². The zero-order valence-electron chi connectivity index (χ0n) is 10.9. The number of rotatable bonds is 6. The maximum absolute atomic E-state index is 10.5. The molecule has 5 heteroatoms. The highest BCUT2D eigenvalue weighted by atomic mass is 16.4. The van der Waals surface area contributed by atoms with E-state index in [-0.39, 0.29) is 6.42 Å². The molecule has 0 spiro atoms. The molecule has 0 atom stereocenters. The maximum atomic E-state index is 10.5. The summed E-state index contributed by atoms with van der Waals surface area (Å²) >= 11 is 0. The van der Waals surface area contributed by atoms with Crippen LogP contribution in [0.3, 0.4) is 0 Å². The molecule has 0 saturated heterocycles. The molecule has 0 saturated carbocycles. The van der Waals surface area contributed by atoms with Crippen molar-refractivity contribution in [2.45, 2.75) is 13.0 Å². The van der Waals surface area contributed by atoms with E-state index in [9.17, 15) is 4.79 Å². The molecular weight excluding hydrogens is 242 g/mol. The Morgan fingerprint density at radius 2 is 2.11 bits per heavy atom. The summed E-state index contributed by atoms with van der Waals surface area (Å²) in [5, 5.41) is 8.64. The van der Waals surface area contributed by atoms with Crippen LogP contribution in [0.2, 0.25) is 0 Å². The number of carboxylic acid groups (broad SMARTS) is 1. The Balaban J connectivity index is 1.93. The first-order chi connectivity index (χ1) is 9.15. The SMILES string of the molecule is CN(CCC(=O)O)Cc1ccc(-n2ccnc2)cc1. The number of carboxylic acids is 1. The lowest BCUT2D eigenvalue weighted by molar-refractivity contribution is -0.137. The second-order valence-electron chi connectivity index (χ2n) is 4.52. The third-order valence-corrected chi connectivity index (χ3v) is 2.90. The first-order valence-electron chi connectivity index (χ1n) is 6.13. The van der Waals surface area contributed by atoms with Crippen molar-refractivity contribution in [1.82, 2.24) is 14.5 Å². The van der Waals surface area contributed by atoms with Gasteiger partial charge in [0.25, 0.3) is 0 Å². The molecule has 1 N–H and O–H groups in total. The molecule has 1 aromatic carbocycles. The predicted octanol–water partition coefficient (Wildman–Crippen LogP) is 1.78. The summed E-state index contributed by atoms with van der Waals surface area (Å²) in [6.45, 7) is 1.30. The lowest BCUT2D eigenvalue weighted by Gasteiger charge is -2.15. The highest BCUT2D eigenvalue weighted by Gasteiger charge is 2.04. The number of benzene rings is 1. The van der Waals surface area contributed by atoms with Crippen molar-refractivity contribution in [3.05, 3.63) is 48.5 Å². The number of aliphatic carboxylic acids is 1. The van der Waals surface area contributed by atoms with E-state index in [4.69, 9.17) is 5.11 Å². The number of hydrogen-bond acceptors (Lipinski definition) is 3. The molecule has 5 nitrogen and oxygen atoms in total. The van der Waals surface area contributed by atoms with Gasteiger partial charge in [0.05, 0.1) is 12.7 Å². The quantitative estimate of drug-likeness (QED) is 0.859. The zero-order chi connectivity index (χ0) is 13.7. The van der Waals surface area contributed by atoms with E-state index >= 15 is 0 Å². The average Bonchev–Trinajstić information content (AvgIpc) is 2.91. The van der Waals surface area contributed by atoms with Crippen molar-refractivity contribution in [2.75, 3.05) is 13.6 Å². The number of aromatic nitrogens is 2. The van der Waals surface area contributed by atoms with Crippen LogP contribution in [0.5, 0.6) is 0 Å². The Morgan fingerprint density at radius 3 is 2.68 bits per heavy atom. The maximum Gasteiger partial charge on any atom is 0.304 e. The van der Waals surface area contributed by atoms with Gasteiger partial charge in [-0.15, -0.1) is 0 Å². The van der Waals surface area contributed by atoms with Crippen LogP contribution in [0, 0.1) is 0 Å². The van der Waals surface area contributed by atoms with Gasteiger partial charge in [0.2, 0.25) is 0 Å². The van der Waals surface area contributed by atoms with Crippen LogP contribution in [0.1, 0.15) is 12.0 Å². The standard InChI is InChI=1S/C14H17N3O2/c1-16(8-6-14(18)19)10-12-2-4-13(5-3-12)17-9-7-15-11-17/h2-5,7,9,11H,6,8,10H2,1H3,(H,18,19). The number of imidazole rings is 1. The fourth-order valence-corrected chi connectivity index (χ4v) is 1.86. The van der Waals surface area contributed by atoms with Gasteiger partial charge in [0, 0.05) is 31.2 Å². The first-order valence-corrected chi connectivity index (χ1v) is 6.13. The van der Waals surface area contributed by atoms with Gasteiger partial charge in [0.1, 0.15) is 0 Å². The number of carbonyl (C=O) groups is 1. The van der Waals surface area contributed by atoms with Gasteiger partial charge in [-0.05, 0) is 24.7 Å². The minimum absolute atomic E-state index is 0.170. The minimum Gasteiger partial charge on any atom is -0.481 e. The highest BCUT2D eigenvalue weighted by Crippen LogP contribution is 2.10. The van der Waals surface area contributed by atoms with Gasteiger partial charge >= 0.3 is 5.97 Å². The Labute approximate surface area is 112 Å². The summed E-state index contributed by atoms with van der Waals surface area (Å²) in [5.74, 6) is -0.762. The van der Waals surface area contributed by atoms with Crippen LogP contribution >= 0.6 is 0 Å². The van der Waals surface area contributed by atoms with E-state index in [1.807, 2.05) is 47.0 Å². The summed E-state index contributed by atoms with van der Waals surface area (Å²) in [5.41, 5.74) is 2.23. The summed E-state index contributed by atoms with van der Waals surface area (Å²) in [6, 6.07) is 8.16. The normalized spacial score (nSPS) is 10.8. The Kier molecular flexibility index (Phi) is 4.30. The van der Waals surface area contributed by atoms with Crippen LogP contribution in [0.15, 0.2) is 43.0 Å². The molecule has 0 aliphatic carbocycles. The van der Waals surface area contributed by atoms with E-state index in [0.717, 1.165) is 17.8 Å². The Morgan fingerprint density at radius 1 is 1.37 bits per heavy atom. The lowest BCUT2D eigenvalue weighted by Crippen LogP contribution is -2.21. The summed E-state index contributed by atoms with van der Waals surface area (Å²) in [4.78, 5) is 16.5. The molecule has 0 radical (unpaired) electrons. The minimum atomic E-state index is -0.762. The largest absolute Gasteiger partial charge is 0.481 e. The van der Waals surface area contributed by atoms with Gasteiger partial charge in [0.15, 0.2) is 0 Å². The molecule has 0 aliphatic heterocycles. The smallest absolute Gasteiger partial charge is 0.304 e. The van der Waals surface area contributed by atoms with Crippen LogP contribution in [-0.4, -0.2) is 39.1 Å². The fraction of sp³-hybridized carbons (Fsp3) is 0.286. The third-order valence-electron chi connectivity index (χ3n) is 2.90. The topological polar surface area (TPSA) is 58.4 Å². The molecule has 0 fully saturated rings.